The van der Waals surface area contributed by atoms with Crippen LogP contribution in [0.2, 0.25) is 0 Å². The largest absolute Gasteiger partial charge is 0.493 e. The smallest absolute Gasteiger partial charge is 0.171 e. The zero-order chi connectivity index (χ0) is 14.8. The van der Waals surface area contributed by atoms with Gasteiger partial charge in [-0.05, 0) is 55.4 Å². The molecule has 21 heavy (non-hydrogen) atoms. The number of thiocarbonyl (C=S) groups is 1. The van der Waals surface area contributed by atoms with Gasteiger partial charge in [-0.3, -0.25) is 0 Å². The first kappa shape index (κ1) is 14.4. The summed E-state index contributed by atoms with van der Waals surface area (Å²) in [6.45, 7) is 0. The van der Waals surface area contributed by atoms with Crippen molar-refractivity contribution in [3.05, 3.63) is 18.2 Å². The van der Waals surface area contributed by atoms with Crippen LogP contribution in [0.5, 0.6) is 11.5 Å². The quantitative estimate of drug-likeness (QED) is 0.836. The van der Waals surface area contributed by atoms with Crippen molar-refractivity contribution >= 4 is 23.0 Å². The van der Waals surface area contributed by atoms with Gasteiger partial charge in [0.05, 0.1) is 14.2 Å². The van der Waals surface area contributed by atoms with Crippen molar-refractivity contribution in [2.45, 2.75) is 31.7 Å². The van der Waals surface area contributed by atoms with Crippen LogP contribution < -0.4 is 20.1 Å². The van der Waals surface area contributed by atoms with Crippen LogP contribution in [0.1, 0.15) is 25.7 Å². The Morgan fingerprint density at radius 1 is 1.14 bits per heavy atom. The second-order valence-corrected chi connectivity index (χ2v) is 6.36. The van der Waals surface area contributed by atoms with Crippen LogP contribution in [0.4, 0.5) is 5.69 Å². The van der Waals surface area contributed by atoms with E-state index in [9.17, 15) is 0 Å². The van der Waals surface area contributed by atoms with Crippen LogP contribution in [0.3, 0.4) is 0 Å². The van der Waals surface area contributed by atoms with Crippen LogP contribution in [0.15, 0.2) is 18.2 Å². The lowest BCUT2D eigenvalue weighted by Crippen LogP contribution is -2.40. The van der Waals surface area contributed by atoms with Gasteiger partial charge in [0.1, 0.15) is 0 Å². The Morgan fingerprint density at radius 2 is 1.95 bits per heavy atom. The topological polar surface area (TPSA) is 42.5 Å². The third kappa shape index (κ3) is 3.07. The van der Waals surface area contributed by atoms with E-state index in [0.717, 1.165) is 23.3 Å². The van der Waals surface area contributed by atoms with Crippen molar-refractivity contribution in [3.63, 3.8) is 0 Å². The number of nitrogens with one attached hydrogen (secondary N) is 2. The Morgan fingerprint density at radius 3 is 2.57 bits per heavy atom. The fourth-order valence-corrected chi connectivity index (χ4v) is 3.94. The van der Waals surface area contributed by atoms with E-state index < -0.39 is 0 Å². The third-order valence-electron chi connectivity index (χ3n) is 4.70. The maximum atomic E-state index is 5.43. The fourth-order valence-electron chi connectivity index (χ4n) is 3.67. The maximum absolute atomic E-state index is 5.43. The van der Waals surface area contributed by atoms with Crippen molar-refractivity contribution in [2.75, 3.05) is 19.5 Å². The lowest BCUT2D eigenvalue weighted by molar-refractivity contribution is 0.355. The molecule has 1 aromatic rings. The molecular formula is C16H22N2O2S. The van der Waals surface area contributed by atoms with Gasteiger partial charge in [0, 0.05) is 17.8 Å². The summed E-state index contributed by atoms with van der Waals surface area (Å²) in [5.41, 5.74) is 0.910. The molecule has 0 amide bonds. The van der Waals surface area contributed by atoms with Gasteiger partial charge in [-0.2, -0.15) is 0 Å². The molecule has 1 aromatic carbocycles. The van der Waals surface area contributed by atoms with Gasteiger partial charge in [0.25, 0.3) is 0 Å². The van der Waals surface area contributed by atoms with Gasteiger partial charge in [-0.15, -0.1) is 0 Å². The molecular weight excluding hydrogens is 284 g/mol. The van der Waals surface area contributed by atoms with E-state index in [1.165, 1.54) is 25.7 Å². The molecule has 0 radical (unpaired) electrons. The van der Waals surface area contributed by atoms with E-state index in [-0.39, 0.29) is 0 Å². The SMILES string of the molecule is COc1ccc(NC(=S)N[C@@H]2C[C@H]3CC[C@H]2C3)cc1OC. The average molecular weight is 306 g/mol. The molecule has 3 atom stereocenters. The Balaban J connectivity index is 1.59. The zero-order valence-electron chi connectivity index (χ0n) is 12.5. The van der Waals surface area contributed by atoms with Crippen molar-refractivity contribution < 1.29 is 9.47 Å². The maximum Gasteiger partial charge on any atom is 0.171 e. The Hall–Kier alpha value is -1.49. The van der Waals surface area contributed by atoms with Crippen LogP contribution in [-0.4, -0.2) is 25.4 Å². The molecule has 2 N–H and O–H groups in total. The zero-order valence-corrected chi connectivity index (χ0v) is 13.3. The monoisotopic (exact) mass is 306 g/mol. The second kappa shape index (κ2) is 6.10. The van der Waals surface area contributed by atoms with Crippen molar-refractivity contribution in [1.82, 2.24) is 5.32 Å². The molecule has 2 aliphatic carbocycles. The summed E-state index contributed by atoms with van der Waals surface area (Å²) in [6, 6.07) is 6.26. The molecule has 0 spiro atoms. The van der Waals surface area contributed by atoms with E-state index in [2.05, 4.69) is 10.6 Å². The lowest BCUT2D eigenvalue weighted by Gasteiger charge is -2.24. The summed E-state index contributed by atoms with van der Waals surface area (Å²) < 4.78 is 10.5. The molecule has 2 fully saturated rings. The number of benzene rings is 1. The highest BCUT2D eigenvalue weighted by molar-refractivity contribution is 7.80. The number of rotatable bonds is 4. The summed E-state index contributed by atoms with van der Waals surface area (Å²) in [7, 11) is 3.26. The number of hydrogen-bond acceptors (Lipinski definition) is 3. The molecule has 2 saturated carbocycles. The third-order valence-corrected chi connectivity index (χ3v) is 4.92. The van der Waals surface area contributed by atoms with Gasteiger partial charge in [-0.25, -0.2) is 0 Å². The average Bonchev–Trinajstić information content (AvgIpc) is 3.09. The van der Waals surface area contributed by atoms with Gasteiger partial charge < -0.3 is 20.1 Å². The number of hydrogen-bond donors (Lipinski definition) is 2. The van der Waals surface area contributed by atoms with E-state index >= 15 is 0 Å². The molecule has 0 aromatic heterocycles. The van der Waals surface area contributed by atoms with E-state index in [1.807, 2.05) is 18.2 Å². The molecule has 0 aliphatic heterocycles. The number of methoxy groups -OCH3 is 2. The highest BCUT2D eigenvalue weighted by atomic mass is 32.1. The van der Waals surface area contributed by atoms with Gasteiger partial charge in [-0.1, -0.05) is 6.42 Å². The highest BCUT2D eigenvalue weighted by Crippen LogP contribution is 2.44. The minimum absolute atomic E-state index is 0.545. The summed E-state index contributed by atoms with van der Waals surface area (Å²) in [6.07, 6.45) is 5.38. The van der Waals surface area contributed by atoms with Crippen molar-refractivity contribution in [1.29, 1.82) is 0 Å². The first-order chi connectivity index (χ1) is 10.2. The molecule has 0 unspecified atom stereocenters. The first-order valence-corrected chi connectivity index (χ1v) is 7.90. The Kier molecular flexibility index (Phi) is 4.19. The standard InChI is InChI=1S/C16H22N2O2S/c1-19-14-6-5-12(9-15(14)20-2)17-16(21)18-13-8-10-3-4-11(13)7-10/h5-6,9-11,13H,3-4,7-8H2,1-2H3,(H2,17,18,21)/t10-,11-,13+/m0/s1. The number of anilines is 1. The van der Waals surface area contributed by atoms with E-state index in [4.69, 9.17) is 21.7 Å². The summed E-state index contributed by atoms with van der Waals surface area (Å²) in [5.74, 6) is 3.14. The minimum Gasteiger partial charge on any atom is -0.493 e. The normalized spacial score (nSPS) is 26.5. The van der Waals surface area contributed by atoms with Crippen LogP contribution in [0, 0.1) is 11.8 Å². The lowest BCUT2D eigenvalue weighted by atomic mass is 9.96. The molecule has 4 nitrogen and oxygen atoms in total. The summed E-state index contributed by atoms with van der Waals surface area (Å²) in [5, 5.41) is 7.41. The van der Waals surface area contributed by atoms with Gasteiger partial charge in [0.2, 0.25) is 0 Å². The van der Waals surface area contributed by atoms with Crippen molar-refractivity contribution in [3.8, 4) is 11.5 Å². The summed E-state index contributed by atoms with van der Waals surface area (Å²) in [4.78, 5) is 0. The number of ether oxygens (including phenoxy) is 2. The second-order valence-electron chi connectivity index (χ2n) is 5.95. The number of fused-ring (bicyclic) bond motifs is 2. The predicted octanol–water partition coefficient (Wildman–Crippen LogP) is 3.18. The molecule has 114 valence electrons. The molecule has 0 heterocycles. The van der Waals surface area contributed by atoms with E-state index in [1.54, 1.807) is 14.2 Å². The Bertz CT molecular complexity index is 535. The first-order valence-electron chi connectivity index (χ1n) is 7.49. The van der Waals surface area contributed by atoms with Crippen LogP contribution in [0.25, 0.3) is 0 Å². The highest BCUT2D eigenvalue weighted by Gasteiger charge is 2.39. The van der Waals surface area contributed by atoms with Gasteiger partial charge in [0.15, 0.2) is 16.6 Å². The van der Waals surface area contributed by atoms with Crippen molar-refractivity contribution in [2.24, 2.45) is 11.8 Å². The minimum atomic E-state index is 0.545. The van der Waals surface area contributed by atoms with E-state index in [0.29, 0.717) is 16.9 Å². The molecule has 2 aliphatic rings. The molecule has 2 bridgehead atoms. The Labute approximate surface area is 131 Å². The molecule has 3 rings (SSSR count). The molecule has 5 heteroatoms. The van der Waals surface area contributed by atoms with Crippen LogP contribution in [-0.2, 0) is 0 Å². The van der Waals surface area contributed by atoms with Gasteiger partial charge >= 0.3 is 0 Å². The van der Waals surface area contributed by atoms with Crippen LogP contribution >= 0.6 is 12.2 Å². The molecule has 0 saturated heterocycles. The fraction of sp³-hybridized carbons (Fsp3) is 0.562. The predicted molar refractivity (Wildman–Crippen MR) is 88.1 cm³/mol. The summed E-state index contributed by atoms with van der Waals surface area (Å²) >= 11 is 5.43.